The molecule has 0 unspecified atom stereocenters. The van der Waals surface area contributed by atoms with Crippen molar-refractivity contribution < 1.29 is 14.9 Å². The highest BCUT2D eigenvalue weighted by atomic mass is 16.5. The second-order valence-electron chi connectivity index (χ2n) is 4.63. The third kappa shape index (κ3) is 3.19. The van der Waals surface area contributed by atoms with E-state index in [1.807, 2.05) is 30.3 Å². The van der Waals surface area contributed by atoms with Gasteiger partial charge < -0.3 is 14.9 Å². The fraction of sp³-hybridized carbons (Fsp3) is 0.250. The van der Waals surface area contributed by atoms with Crippen LogP contribution in [0.15, 0.2) is 36.4 Å². The van der Waals surface area contributed by atoms with Gasteiger partial charge in [-0.25, -0.2) is 0 Å². The Balaban J connectivity index is 2.05. The number of methoxy groups -OCH3 is 1. The van der Waals surface area contributed by atoms with Gasteiger partial charge >= 0.3 is 0 Å². The first kappa shape index (κ1) is 13.3. The molecule has 0 heterocycles. The molecule has 0 atom stereocenters. The first-order valence-electron chi connectivity index (χ1n) is 6.24. The van der Waals surface area contributed by atoms with Crippen LogP contribution < -0.4 is 4.74 Å². The summed E-state index contributed by atoms with van der Waals surface area (Å²) in [5.41, 5.74) is 2.93. The molecule has 0 aliphatic carbocycles. The maximum atomic E-state index is 9.58. The number of aryl methyl sites for hydroxylation is 3. The fourth-order valence-electron chi connectivity index (χ4n) is 2.06. The summed E-state index contributed by atoms with van der Waals surface area (Å²) in [6.45, 7) is 1.78. The molecule has 0 aromatic heterocycles. The monoisotopic (exact) mass is 258 g/mol. The molecule has 19 heavy (non-hydrogen) atoms. The number of ether oxygens (including phenoxy) is 1. The molecule has 3 heteroatoms. The number of hydrogen-bond acceptors (Lipinski definition) is 3. The zero-order valence-corrected chi connectivity index (χ0v) is 11.2. The number of benzene rings is 2. The third-order valence-electron chi connectivity index (χ3n) is 3.20. The van der Waals surface area contributed by atoms with E-state index in [1.165, 1.54) is 5.56 Å². The molecule has 0 amide bonds. The molecule has 0 fully saturated rings. The molecule has 0 radical (unpaired) electrons. The van der Waals surface area contributed by atoms with Crippen molar-refractivity contribution in [2.45, 2.75) is 19.8 Å². The summed E-state index contributed by atoms with van der Waals surface area (Å²) in [6.07, 6.45) is 1.70. The van der Waals surface area contributed by atoms with E-state index >= 15 is 0 Å². The van der Waals surface area contributed by atoms with Crippen molar-refractivity contribution in [2.75, 3.05) is 7.11 Å². The molecule has 0 aliphatic heterocycles. The minimum atomic E-state index is -0.0512. The molecular weight excluding hydrogens is 240 g/mol. The van der Waals surface area contributed by atoms with Crippen LogP contribution in [0.2, 0.25) is 0 Å². The minimum Gasteiger partial charge on any atom is -0.504 e. The second kappa shape index (κ2) is 5.65. The van der Waals surface area contributed by atoms with Crippen molar-refractivity contribution in [1.29, 1.82) is 0 Å². The molecule has 2 aromatic rings. The number of rotatable bonds is 4. The summed E-state index contributed by atoms with van der Waals surface area (Å²) < 4.78 is 5.12. The lowest BCUT2D eigenvalue weighted by Crippen LogP contribution is -1.93. The molecule has 3 nitrogen and oxygen atoms in total. The van der Waals surface area contributed by atoms with Gasteiger partial charge in [-0.05, 0) is 54.7 Å². The van der Waals surface area contributed by atoms with Crippen molar-refractivity contribution in [3.63, 3.8) is 0 Å². The first-order chi connectivity index (χ1) is 9.10. The lowest BCUT2D eigenvalue weighted by atomic mass is 10.0. The molecular formula is C16H18O3. The normalized spacial score (nSPS) is 10.4. The van der Waals surface area contributed by atoms with Crippen molar-refractivity contribution in [2.24, 2.45) is 0 Å². The molecule has 2 N–H and O–H groups in total. The maximum Gasteiger partial charge on any atom is 0.160 e. The Morgan fingerprint density at radius 2 is 1.58 bits per heavy atom. The lowest BCUT2D eigenvalue weighted by Gasteiger charge is -2.07. The average molecular weight is 258 g/mol. The van der Waals surface area contributed by atoms with Gasteiger partial charge in [0.25, 0.3) is 0 Å². The summed E-state index contributed by atoms with van der Waals surface area (Å²) in [6, 6.07) is 11.5. The molecule has 0 saturated carbocycles. The van der Waals surface area contributed by atoms with Gasteiger partial charge in [-0.3, -0.25) is 0 Å². The zero-order chi connectivity index (χ0) is 13.8. The van der Waals surface area contributed by atoms with Gasteiger partial charge in [0, 0.05) is 0 Å². The van der Waals surface area contributed by atoms with Crippen LogP contribution in [0.4, 0.5) is 0 Å². The van der Waals surface area contributed by atoms with Crippen LogP contribution >= 0.6 is 0 Å². The van der Waals surface area contributed by atoms with Gasteiger partial charge in [0.1, 0.15) is 5.75 Å². The third-order valence-corrected chi connectivity index (χ3v) is 3.20. The SMILES string of the molecule is COc1ccc(CCc2cc(C)c(O)c(O)c2)cc1. The second-order valence-corrected chi connectivity index (χ2v) is 4.63. The van der Waals surface area contributed by atoms with Gasteiger partial charge in [-0.1, -0.05) is 18.2 Å². The van der Waals surface area contributed by atoms with E-state index in [-0.39, 0.29) is 11.5 Å². The van der Waals surface area contributed by atoms with Crippen LogP contribution in [-0.2, 0) is 12.8 Å². The van der Waals surface area contributed by atoms with Crippen LogP contribution in [0, 0.1) is 6.92 Å². The molecule has 2 aromatic carbocycles. The Morgan fingerprint density at radius 1 is 0.947 bits per heavy atom. The molecule has 0 bridgehead atoms. The maximum absolute atomic E-state index is 9.58. The molecule has 100 valence electrons. The van der Waals surface area contributed by atoms with Crippen molar-refractivity contribution in [3.05, 3.63) is 53.1 Å². The van der Waals surface area contributed by atoms with Crippen molar-refractivity contribution in [3.8, 4) is 17.2 Å². The van der Waals surface area contributed by atoms with Crippen molar-refractivity contribution in [1.82, 2.24) is 0 Å². The highest BCUT2D eigenvalue weighted by molar-refractivity contribution is 5.47. The quantitative estimate of drug-likeness (QED) is 0.828. The summed E-state index contributed by atoms with van der Waals surface area (Å²) >= 11 is 0. The van der Waals surface area contributed by atoms with E-state index in [2.05, 4.69) is 0 Å². The lowest BCUT2D eigenvalue weighted by molar-refractivity contribution is 0.400. The topological polar surface area (TPSA) is 49.7 Å². The van der Waals surface area contributed by atoms with Crippen LogP contribution in [0.5, 0.6) is 17.2 Å². The van der Waals surface area contributed by atoms with E-state index in [0.29, 0.717) is 5.56 Å². The zero-order valence-electron chi connectivity index (χ0n) is 11.2. The number of hydrogen-bond donors (Lipinski definition) is 2. The number of phenolic OH excluding ortho intramolecular Hbond substituents is 2. The summed E-state index contributed by atoms with van der Waals surface area (Å²) in [5.74, 6) is 0.764. The Morgan fingerprint density at radius 3 is 2.16 bits per heavy atom. The summed E-state index contributed by atoms with van der Waals surface area (Å²) in [7, 11) is 1.65. The van der Waals surface area contributed by atoms with Crippen LogP contribution in [-0.4, -0.2) is 17.3 Å². The van der Waals surface area contributed by atoms with Gasteiger partial charge in [0.05, 0.1) is 7.11 Å². The largest absolute Gasteiger partial charge is 0.504 e. The van der Waals surface area contributed by atoms with E-state index in [1.54, 1.807) is 20.1 Å². The average Bonchev–Trinajstić information content (AvgIpc) is 2.43. The first-order valence-corrected chi connectivity index (χ1v) is 6.24. The standard InChI is InChI=1S/C16H18O3/c1-11-9-13(10-15(17)16(11)18)4-3-12-5-7-14(19-2)8-6-12/h5-10,17-18H,3-4H2,1-2H3. The molecule has 2 rings (SSSR count). The smallest absolute Gasteiger partial charge is 0.160 e. The van der Waals surface area contributed by atoms with Crippen LogP contribution in [0.1, 0.15) is 16.7 Å². The summed E-state index contributed by atoms with van der Waals surface area (Å²) in [5, 5.41) is 19.1. The minimum absolute atomic E-state index is 0.0341. The Bertz CT molecular complexity index is 536. The van der Waals surface area contributed by atoms with Crippen LogP contribution in [0.3, 0.4) is 0 Å². The Kier molecular flexibility index (Phi) is 3.95. The Hall–Kier alpha value is -2.16. The molecule has 0 spiro atoms. The molecule has 0 aliphatic rings. The predicted octanol–water partition coefficient (Wildman–Crippen LogP) is 3.20. The highest BCUT2D eigenvalue weighted by Crippen LogP contribution is 2.30. The van der Waals surface area contributed by atoms with E-state index in [0.717, 1.165) is 24.2 Å². The fourth-order valence-corrected chi connectivity index (χ4v) is 2.06. The number of aromatic hydroxyl groups is 2. The van der Waals surface area contributed by atoms with Gasteiger partial charge in [-0.2, -0.15) is 0 Å². The van der Waals surface area contributed by atoms with E-state index in [4.69, 9.17) is 4.74 Å². The van der Waals surface area contributed by atoms with E-state index < -0.39 is 0 Å². The van der Waals surface area contributed by atoms with Gasteiger partial charge in [0.15, 0.2) is 11.5 Å². The molecule has 0 saturated heterocycles. The van der Waals surface area contributed by atoms with E-state index in [9.17, 15) is 10.2 Å². The Labute approximate surface area is 113 Å². The predicted molar refractivity (Wildman–Crippen MR) is 74.9 cm³/mol. The van der Waals surface area contributed by atoms with Gasteiger partial charge in [-0.15, -0.1) is 0 Å². The number of phenols is 2. The van der Waals surface area contributed by atoms with Gasteiger partial charge in [0.2, 0.25) is 0 Å². The summed E-state index contributed by atoms with van der Waals surface area (Å²) in [4.78, 5) is 0. The van der Waals surface area contributed by atoms with Crippen LogP contribution in [0.25, 0.3) is 0 Å². The van der Waals surface area contributed by atoms with Crippen molar-refractivity contribution >= 4 is 0 Å². The highest BCUT2D eigenvalue weighted by Gasteiger charge is 2.06.